The Morgan fingerprint density at radius 3 is 2.17 bits per heavy atom. The van der Waals surface area contributed by atoms with Gasteiger partial charge in [-0.3, -0.25) is 4.79 Å². The van der Waals surface area contributed by atoms with Crippen LogP contribution in [0.1, 0.15) is 57.4 Å². The summed E-state index contributed by atoms with van der Waals surface area (Å²) in [6.45, 7) is 7.52. The van der Waals surface area contributed by atoms with Crippen molar-refractivity contribution in [3.63, 3.8) is 0 Å². The van der Waals surface area contributed by atoms with Crippen molar-refractivity contribution in [1.82, 2.24) is 10.2 Å². The van der Waals surface area contributed by atoms with Gasteiger partial charge in [-0.15, -0.1) is 0 Å². The second-order valence-electron chi connectivity index (χ2n) is 12.4. The fourth-order valence-corrected chi connectivity index (χ4v) is 4.91. The number of hydrogen-bond acceptors (Lipinski definition) is 7. The average Bonchev–Trinajstić information content (AvgIpc) is 3.15. The van der Waals surface area contributed by atoms with Gasteiger partial charge in [-0.2, -0.15) is 13.2 Å². The molecule has 0 aliphatic carbocycles. The van der Waals surface area contributed by atoms with Crippen molar-refractivity contribution in [1.29, 1.82) is 0 Å². The van der Waals surface area contributed by atoms with Crippen LogP contribution < -0.4 is 15.5 Å². The molecule has 0 saturated carbocycles. The fourth-order valence-electron chi connectivity index (χ4n) is 4.91. The molecule has 1 fully saturated rings. The predicted molar refractivity (Wildman–Crippen MR) is 164 cm³/mol. The lowest BCUT2D eigenvalue weighted by atomic mass is 10.0. The number of nitrogens with one attached hydrogen (secondary N) is 2. The van der Waals surface area contributed by atoms with E-state index in [1.54, 1.807) is 32.9 Å². The summed E-state index contributed by atoms with van der Waals surface area (Å²) in [4.78, 5) is 53.3. The second kappa shape index (κ2) is 13.1. The number of esters is 1. The van der Waals surface area contributed by atoms with Crippen LogP contribution in [0.2, 0.25) is 0 Å². The number of benzene rings is 3. The van der Waals surface area contributed by atoms with Crippen LogP contribution in [0.3, 0.4) is 0 Å². The Morgan fingerprint density at radius 1 is 0.938 bits per heavy atom. The summed E-state index contributed by atoms with van der Waals surface area (Å²) in [5.74, 6) is -3.80. The summed E-state index contributed by atoms with van der Waals surface area (Å²) in [7, 11) is 1.16. The molecular weight excluding hydrogens is 643 g/mol. The maximum absolute atomic E-state index is 14.4. The van der Waals surface area contributed by atoms with Gasteiger partial charge in [0.1, 0.15) is 22.8 Å². The summed E-state index contributed by atoms with van der Waals surface area (Å²) in [5, 5.41) is 5.49. The molecule has 1 saturated heterocycles. The third kappa shape index (κ3) is 7.66. The minimum absolute atomic E-state index is 0.190. The zero-order valence-electron chi connectivity index (χ0n) is 26.8. The number of imide groups is 1. The number of halogens is 5. The van der Waals surface area contributed by atoms with Crippen molar-refractivity contribution in [2.24, 2.45) is 0 Å². The molecule has 4 rings (SSSR count). The van der Waals surface area contributed by atoms with Crippen molar-refractivity contribution in [2.45, 2.75) is 64.5 Å². The first kappa shape index (κ1) is 35.6. The number of alkyl carbamates (subject to hydrolysis) is 1. The number of hydrogen-bond donors (Lipinski definition) is 2. The van der Waals surface area contributed by atoms with E-state index in [4.69, 9.17) is 9.47 Å². The topological polar surface area (TPSA) is 117 Å². The van der Waals surface area contributed by atoms with Gasteiger partial charge >= 0.3 is 24.3 Å². The Balaban J connectivity index is 1.59. The summed E-state index contributed by atoms with van der Waals surface area (Å²) in [6.07, 6.45) is -5.91. The largest absolute Gasteiger partial charge is 0.467 e. The summed E-state index contributed by atoms with van der Waals surface area (Å²) in [5.41, 5.74) is -3.19. The highest BCUT2D eigenvalue weighted by atomic mass is 19.4. The highest BCUT2D eigenvalue weighted by Gasteiger charge is 2.52. The number of rotatable bonds is 8. The normalized spacial score (nSPS) is 15.3. The molecule has 3 aromatic rings. The Morgan fingerprint density at radius 2 is 1.58 bits per heavy atom. The lowest BCUT2D eigenvalue weighted by molar-refractivity contribution is -0.143. The van der Waals surface area contributed by atoms with Gasteiger partial charge in [0.05, 0.1) is 24.9 Å². The SMILES string of the molecule is COC(=O)C(NC(=O)OC(C)(C)C)c1ccc(Nc2cc(F)ccc2CN2C(=O)N(c3ccc(F)c(C(F)(F)F)c3)C(=O)C2(C)C)cc1. The van der Waals surface area contributed by atoms with Crippen molar-refractivity contribution >= 4 is 41.1 Å². The summed E-state index contributed by atoms with van der Waals surface area (Å²) >= 11 is 0. The molecule has 1 aliphatic heterocycles. The van der Waals surface area contributed by atoms with Crippen LogP contribution in [0, 0.1) is 11.6 Å². The lowest BCUT2D eigenvalue weighted by Gasteiger charge is -2.28. The standard InChI is InChI=1S/C33H33F5N4O6/c1-31(2,3)48-29(45)40-26(27(43)47-6)18-8-11-21(12-9-18)39-25-15-20(34)10-7-19(25)17-41-30(46)42(28(44)32(41,4)5)22-13-14-24(35)23(16-22)33(36,37)38/h7-16,26,39H,17H2,1-6H3,(H,40,45). The summed E-state index contributed by atoms with van der Waals surface area (Å²) in [6, 6.07) is 9.43. The van der Waals surface area contributed by atoms with Crippen molar-refractivity contribution in [3.8, 4) is 0 Å². The van der Waals surface area contributed by atoms with Crippen LogP contribution in [0.15, 0.2) is 60.7 Å². The first-order valence-corrected chi connectivity index (χ1v) is 14.5. The average molecular weight is 677 g/mol. The Hall–Kier alpha value is -5.21. The van der Waals surface area contributed by atoms with E-state index >= 15 is 0 Å². The molecular formula is C33H33F5N4O6. The van der Waals surface area contributed by atoms with E-state index in [1.165, 1.54) is 32.0 Å². The molecule has 1 atom stereocenters. The molecule has 1 unspecified atom stereocenters. The maximum Gasteiger partial charge on any atom is 0.419 e. The lowest BCUT2D eigenvalue weighted by Crippen LogP contribution is -2.43. The van der Waals surface area contributed by atoms with Gasteiger partial charge in [0, 0.05) is 11.4 Å². The zero-order chi connectivity index (χ0) is 35.8. The molecule has 256 valence electrons. The van der Waals surface area contributed by atoms with E-state index in [1.807, 2.05) is 0 Å². The van der Waals surface area contributed by atoms with Crippen LogP contribution in [0.25, 0.3) is 0 Å². The van der Waals surface area contributed by atoms with Crippen molar-refractivity contribution in [2.75, 3.05) is 17.3 Å². The van der Waals surface area contributed by atoms with Crippen LogP contribution >= 0.6 is 0 Å². The Kier molecular flexibility index (Phi) is 9.74. The van der Waals surface area contributed by atoms with Crippen LogP contribution in [-0.4, -0.2) is 47.2 Å². The minimum Gasteiger partial charge on any atom is -0.467 e. The Bertz CT molecular complexity index is 1740. The number of nitrogens with zero attached hydrogens (tertiary/aromatic N) is 2. The molecule has 0 spiro atoms. The van der Waals surface area contributed by atoms with E-state index < -0.39 is 70.2 Å². The quantitative estimate of drug-likeness (QED) is 0.147. The second-order valence-corrected chi connectivity index (χ2v) is 12.4. The monoisotopic (exact) mass is 676 g/mol. The molecule has 48 heavy (non-hydrogen) atoms. The van der Waals surface area contributed by atoms with Gasteiger partial charge in [-0.05, 0) is 88.2 Å². The van der Waals surface area contributed by atoms with Gasteiger partial charge < -0.3 is 25.0 Å². The molecule has 2 N–H and O–H groups in total. The first-order valence-electron chi connectivity index (χ1n) is 14.5. The molecule has 1 aliphatic rings. The number of methoxy groups -OCH3 is 1. The summed E-state index contributed by atoms with van der Waals surface area (Å²) < 4.78 is 78.6. The zero-order valence-corrected chi connectivity index (χ0v) is 26.8. The van der Waals surface area contributed by atoms with Crippen molar-refractivity contribution < 1.29 is 50.6 Å². The predicted octanol–water partition coefficient (Wildman–Crippen LogP) is 7.21. The van der Waals surface area contributed by atoms with E-state index in [9.17, 15) is 41.1 Å². The van der Waals surface area contributed by atoms with Crippen LogP contribution in [0.4, 0.5) is 48.6 Å². The number of amides is 4. The van der Waals surface area contributed by atoms with Gasteiger partial charge in [0.15, 0.2) is 6.04 Å². The fraction of sp³-hybridized carbons (Fsp3) is 0.333. The van der Waals surface area contributed by atoms with E-state index in [0.29, 0.717) is 33.8 Å². The number of alkyl halides is 3. The molecule has 15 heteroatoms. The van der Waals surface area contributed by atoms with E-state index in [2.05, 4.69) is 10.6 Å². The molecule has 10 nitrogen and oxygen atoms in total. The van der Waals surface area contributed by atoms with Gasteiger partial charge in [0.25, 0.3) is 5.91 Å². The molecule has 0 bridgehead atoms. The molecule has 4 amide bonds. The molecule has 0 aromatic heterocycles. The van der Waals surface area contributed by atoms with Gasteiger partial charge in [-0.1, -0.05) is 18.2 Å². The van der Waals surface area contributed by atoms with Crippen LogP contribution in [-0.2, 0) is 31.8 Å². The Labute approximate surface area is 272 Å². The first-order chi connectivity index (χ1) is 22.2. The highest BCUT2D eigenvalue weighted by molar-refractivity contribution is 6.23. The number of urea groups is 1. The van der Waals surface area contributed by atoms with E-state index in [0.717, 1.165) is 30.2 Å². The van der Waals surface area contributed by atoms with Gasteiger partial charge in [0.2, 0.25) is 0 Å². The van der Waals surface area contributed by atoms with Gasteiger partial charge in [-0.25, -0.2) is 28.1 Å². The molecule has 0 radical (unpaired) electrons. The molecule has 1 heterocycles. The number of carbonyl (C=O) groups excluding carboxylic acids is 4. The van der Waals surface area contributed by atoms with Crippen LogP contribution in [0.5, 0.6) is 0 Å². The highest BCUT2D eigenvalue weighted by Crippen LogP contribution is 2.38. The smallest absolute Gasteiger partial charge is 0.419 e. The third-order valence-corrected chi connectivity index (χ3v) is 7.36. The third-order valence-electron chi connectivity index (χ3n) is 7.36. The maximum atomic E-state index is 14.4. The van der Waals surface area contributed by atoms with Crippen molar-refractivity contribution in [3.05, 3.63) is 89.0 Å². The minimum atomic E-state index is -5.07. The van der Waals surface area contributed by atoms with E-state index in [-0.39, 0.29) is 12.2 Å². The number of carbonyl (C=O) groups is 4. The number of ether oxygens (including phenoxy) is 2. The number of anilines is 3. The molecule has 3 aromatic carbocycles.